The van der Waals surface area contributed by atoms with Crippen LogP contribution in [0.3, 0.4) is 0 Å². The Kier molecular flexibility index (Phi) is 2.67. The Labute approximate surface area is 118 Å². The second kappa shape index (κ2) is 4.24. The van der Waals surface area contributed by atoms with Crippen LogP contribution in [-0.2, 0) is 7.05 Å². The topological polar surface area (TPSA) is 76.4 Å². The molecule has 0 spiro atoms. The molecule has 1 aliphatic rings. The van der Waals surface area contributed by atoms with Gasteiger partial charge in [0.1, 0.15) is 5.69 Å². The highest BCUT2D eigenvalue weighted by molar-refractivity contribution is 9.10. The van der Waals surface area contributed by atoms with Crippen LogP contribution < -0.4 is 5.73 Å². The molecule has 0 amide bonds. The van der Waals surface area contributed by atoms with Crippen molar-refractivity contribution < 1.29 is 5.11 Å². The number of benzene rings is 1. The number of imidazole rings is 1. The molecule has 0 aliphatic carbocycles. The van der Waals surface area contributed by atoms with Gasteiger partial charge in [-0.15, -0.1) is 0 Å². The maximum atomic E-state index is 9.76. The summed E-state index contributed by atoms with van der Waals surface area (Å²) in [5.74, 6) is 0.193. The highest BCUT2D eigenvalue weighted by atomic mass is 79.9. The first-order chi connectivity index (χ1) is 9.06. The molecule has 5 nitrogen and oxygen atoms in total. The van der Waals surface area contributed by atoms with Gasteiger partial charge in [-0.3, -0.25) is 4.99 Å². The minimum absolute atomic E-state index is 0.0793. The van der Waals surface area contributed by atoms with Crippen molar-refractivity contribution in [3.63, 3.8) is 0 Å². The van der Waals surface area contributed by atoms with Gasteiger partial charge in [-0.1, -0.05) is 15.9 Å². The fraction of sp³-hybridized carbons (Fsp3) is 0.0769. The van der Waals surface area contributed by atoms with E-state index in [2.05, 4.69) is 25.9 Å². The summed E-state index contributed by atoms with van der Waals surface area (Å²) in [7, 11) is 1.75. The van der Waals surface area contributed by atoms with Crippen LogP contribution in [0.1, 0.15) is 11.3 Å². The highest BCUT2D eigenvalue weighted by Gasteiger charge is 2.16. The van der Waals surface area contributed by atoms with Gasteiger partial charge >= 0.3 is 0 Å². The Morgan fingerprint density at radius 1 is 1.42 bits per heavy atom. The molecule has 0 radical (unpaired) electrons. The highest BCUT2D eigenvalue weighted by Crippen LogP contribution is 2.35. The van der Waals surface area contributed by atoms with Crippen LogP contribution in [0.5, 0.6) is 5.88 Å². The molecule has 1 aliphatic heterocycles. The van der Waals surface area contributed by atoms with Gasteiger partial charge in [-0.25, -0.2) is 0 Å². The minimum atomic E-state index is -0.0793. The number of aliphatic imine (C=N–C) groups is 1. The van der Waals surface area contributed by atoms with Crippen LogP contribution >= 0.6 is 15.9 Å². The summed E-state index contributed by atoms with van der Waals surface area (Å²) in [5, 5.41) is 9.76. The van der Waals surface area contributed by atoms with Crippen LogP contribution in [0.2, 0.25) is 0 Å². The van der Waals surface area contributed by atoms with Crippen molar-refractivity contribution in [2.45, 2.75) is 0 Å². The Morgan fingerprint density at radius 3 is 2.89 bits per heavy atom. The van der Waals surface area contributed by atoms with Crippen LogP contribution in [0, 0.1) is 0 Å². The van der Waals surface area contributed by atoms with Gasteiger partial charge in [0, 0.05) is 28.9 Å². The molecule has 0 fully saturated rings. The number of hydrogen-bond donors (Lipinski definition) is 2. The van der Waals surface area contributed by atoms with Gasteiger partial charge < -0.3 is 15.4 Å². The summed E-state index contributed by atoms with van der Waals surface area (Å²) in [6.07, 6.45) is 3.58. The molecule has 6 heteroatoms. The second-order valence-electron chi connectivity index (χ2n) is 4.26. The molecule has 0 atom stereocenters. The number of hydrogen-bond acceptors (Lipinski definition) is 4. The quantitative estimate of drug-likeness (QED) is 0.848. The third-order valence-electron chi connectivity index (χ3n) is 3.06. The molecule has 3 rings (SSSR count). The molecular formula is C13H11BrN4O. The van der Waals surface area contributed by atoms with E-state index in [0.717, 1.165) is 21.3 Å². The lowest BCUT2D eigenvalue weighted by Crippen LogP contribution is -1.98. The molecule has 2 aromatic rings. The molecule has 3 N–H and O–H groups in total. The molecule has 1 aromatic heterocycles. The smallest absolute Gasteiger partial charge is 0.238 e. The summed E-state index contributed by atoms with van der Waals surface area (Å²) in [6, 6.07) is 5.87. The van der Waals surface area contributed by atoms with E-state index in [0.29, 0.717) is 5.69 Å². The number of anilines is 1. The van der Waals surface area contributed by atoms with Crippen molar-refractivity contribution in [2.24, 2.45) is 12.0 Å². The third kappa shape index (κ3) is 1.94. The van der Waals surface area contributed by atoms with E-state index >= 15 is 0 Å². The first-order valence-electron chi connectivity index (χ1n) is 5.63. The van der Waals surface area contributed by atoms with E-state index in [1.807, 2.05) is 24.3 Å². The fourth-order valence-corrected chi connectivity index (χ4v) is 2.36. The van der Waals surface area contributed by atoms with E-state index in [1.165, 1.54) is 0 Å². The van der Waals surface area contributed by atoms with Crippen LogP contribution in [-0.4, -0.2) is 20.9 Å². The molecule has 0 unspecified atom stereocenters. The average molecular weight is 319 g/mol. The average Bonchev–Trinajstić information content (AvgIpc) is 2.86. The van der Waals surface area contributed by atoms with Crippen LogP contribution in [0.4, 0.5) is 11.6 Å². The molecule has 0 saturated carbocycles. The van der Waals surface area contributed by atoms with E-state index in [1.54, 1.807) is 17.8 Å². The number of aromatic hydroxyl groups is 1. The number of nitrogens with zero attached hydrogens (tertiary/aromatic N) is 3. The maximum Gasteiger partial charge on any atom is 0.238 e. The van der Waals surface area contributed by atoms with Crippen molar-refractivity contribution in [2.75, 3.05) is 5.73 Å². The second-order valence-corrected chi connectivity index (χ2v) is 5.17. The van der Waals surface area contributed by atoms with Gasteiger partial charge in [0.15, 0.2) is 0 Å². The van der Waals surface area contributed by atoms with E-state index < -0.39 is 0 Å². The first-order valence-corrected chi connectivity index (χ1v) is 6.42. The molecular weight excluding hydrogens is 308 g/mol. The largest absolute Gasteiger partial charge is 0.492 e. The van der Waals surface area contributed by atoms with Crippen LogP contribution in [0.25, 0.3) is 11.6 Å². The van der Waals surface area contributed by atoms with E-state index in [-0.39, 0.29) is 11.8 Å². The lowest BCUT2D eigenvalue weighted by atomic mass is 10.1. The Balaban J connectivity index is 2.13. The van der Waals surface area contributed by atoms with Crippen LogP contribution in [0.15, 0.2) is 27.7 Å². The number of nitrogen functional groups attached to an aromatic ring is 1. The lowest BCUT2D eigenvalue weighted by Gasteiger charge is -2.02. The van der Waals surface area contributed by atoms with Crippen molar-refractivity contribution in [1.29, 1.82) is 0 Å². The van der Waals surface area contributed by atoms with Crippen molar-refractivity contribution in [3.8, 4) is 5.88 Å². The maximum absolute atomic E-state index is 9.76. The van der Waals surface area contributed by atoms with E-state index in [4.69, 9.17) is 5.73 Å². The fourth-order valence-electron chi connectivity index (χ4n) is 2.00. The monoisotopic (exact) mass is 318 g/mol. The van der Waals surface area contributed by atoms with Gasteiger partial charge in [0.2, 0.25) is 11.8 Å². The Hall–Kier alpha value is -2.08. The third-order valence-corrected chi connectivity index (χ3v) is 3.55. The standard InChI is InChI=1S/C13H11BrN4O/c1-18-11(12(19)17-13(18)15)4-7-6-16-10-3-2-8(14)5-9(7)10/h2-6,19H,1H3,(H2,15,17)/b7-4-. The molecule has 0 bridgehead atoms. The SMILES string of the molecule is Cn1c(N)nc(O)c1/C=C1/C=Nc2ccc(Br)cc21. The molecule has 1 aromatic carbocycles. The zero-order chi connectivity index (χ0) is 13.6. The number of fused-ring (bicyclic) bond motifs is 1. The van der Waals surface area contributed by atoms with Crippen molar-refractivity contribution in [3.05, 3.63) is 33.9 Å². The van der Waals surface area contributed by atoms with Gasteiger partial charge in [0.05, 0.1) is 5.69 Å². The molecule has 0 saturated heterocycles. The zero-order valence-corrected chi connectivity index (χ0v) is 11.7. The first kappa shape index (κ1) is 12.0. The summed E-state index contributed by atoms with van der Waals surface area (Å²) in [6.45, 7) is 0. The predicted octanol–water partition coefficient (Wildman–Crippen LogP) is 2.73. The number of halogens is 1. The summed E-state index contributed by atoms with van der Waals surface area (Å²) in [4.78, 5) is 8.15. The van der Waals surface area contributed by atoms with Gasteiger partial charge in [0.25, 0.3) is 0 Å². The van der Waals surface area contributed by atoms with Gasteiger partial charge in [-0.05, 0) is 24.3 Å². The zero-order valence-electron chi connectivity index (χ0n) is 10.1. The Morgan fingerprint density at radius 2 is 2.21 bits per heavy atom. The molecule has 2 heterocycles. The molecule has 96 valence electrons. The van der Waals surface area contributed by atoms with Gasteiger partial charge in [-0.2, -0.15) is 4.98 Å². The summed E-state index contributed by atoms with van der Waals surface area (Å²) >= 11 is 3.44. The predicted molar refractivity (Wildman–Crippen MR) is 79.5 cm³/mol. The van der Waals surface area contributed by atoms with E-state index in [9.17, 15) is 5.11 Å². The normalized spacial score (nSPS) is 15.2. The van der Waals surface area contributed by atoms with Crippen molar-refractivity contribution >= 4 is 45.4 Å². The molecule has 19 heavy (non-hydrogen) atoms. The Bertz CT molecular complexity index is 730. The summed E-state index contributed by atoms with van der Waals surface area (Å²) in [5.41, 5.74) is 9.04. The number of nitrogens with two attached hydrogens (primary N) is 1. The number of allylic oxidation sites excluding steroid dienone is 1. The lowest BCUT2D eigenvalue weighted by molar-refractivity contribution is 0.455. The minimum Gasteiger partial charge on any atom is -0.492 e. The number of rotatable bonds is 1. The summed E-state index contributed by atoms with van der Waals surface area (Å²) < 4.78 is 2.61. The van der Waals surface area contributed by atoms with Crippen molar-refractivity contribution in [1.82, 2.24) is 9.55 Å². The number of aromatic nitrogens is 2.